The van der Waals surface area contributed by atoms with Crippen LogP contribution in [0.3, 0.4) is 0 Å². The molecule has 2 N–H and O–H groups in total. The monoisotopic (exact) mass is 401 g/mol. The lowest BCUT2D eigenvalue weighted by molar-refractivity contribution is -0.117. The van der Waals surface area contributed by atoms with Crippen molar-refractivity contribution < 1.29 is 9.59 Å². The van der Waals surface area contributed by atoms with Gasteiger partial charge in [0.15, 0.2) is 5.78 Å². The molecule has 0 saturated carbocycles. The van der Waals surface area contributed by atoms with E-state index in [1.165, 1.54) is 0 Å². The molecule has 0 saturated heterocycles. The van der Waals surface area contributed by atoms with E-state index in [4.69, 9.17) is 0 Å². The largest absolute Gasteiger partial charge is 0.362 e. The van der Waals surface area contributed by atoms with Crippen LogP contribution in [0.1, 0.15) is 49.3 Å². The number of rotatable bonds is 3. The summed E-state index contributed by atoms with van der Waals surface area (Å²) in [6.07, 6.45) is 3.05. The van der Waals surface area contributed by atoms with Gasteiger partial charge in [0, 0.05) is 41.1 Å². The van der Waals surface area contributed by atoms with Gasteiger partial charge in [0.05, 0.1) is 0 Å². The van der Waals surface area contributed by atoms with Crippen molar-refractivity contribution in [3.8, 4) is 0 Å². The summed E-state index contributed by atoms with van der Waals surface area (Å²) in [4.78, 5) is 30.9. The fraction of sp³-hybridized carbons (Fsp3) is 0.320. The molecule has 1 amide bonds. The van der Waals surface area contributed by atoms with Gasteiger partial charge in [-0.15, -0.1) is 0 Å². The lowest BCUT2D eigenvalue weighted by Crippen LogP contribution is -2.37. The van der Waals surface area contributed by atoms with Crippen LogP contribution in [-0.4, -0.2) is 16.7 Å². The van der Waals surface area contributed by atoms with Crippen LogP contribution in [0.4, 0.5) is 5.82 Å². The number of amides is 1. The molecule has 1 aromatic heterocycles. The van der Waals surface area contributed by atoms with Crippen molar-refractivity contribution in [2.75, 3.05) is 5.32 Å². The van der Waals surface area contributed by atoms with E-state index in [0.717, 1.165) is 40.1 Å². The number of allylic oxidation sites excluding steroid dienone is 3. The van der Waals surface area contributed by atoms with Gasteiger partial charge in [0.2, 0.25) is 0 Å². The number of aryl methyl sites for hydroxylation is 2. The number of nitrogens with one attached hydrogen (secondary N) is 2. The SMILES string of the molecule is CC1=C(C(=O)Nc2ccc(C)cn2)[C@H](c2ccccc2C)C2=C(C[C@@H](C)CC2=O)N1. The van der Waals surface area contributed by atoms with E-state index in [0.29, 0.717) is 23.7 Å². The zero-order valence-corrected chi connectivity index (χ0v) is 17.9. The first-order valence-electron chi connectivity index (χ1n) is 10.4. The molecule has 2 heterocycles. The molecule has 2 aliphatic rings. The molecule has 0 radical (unpaired) electrons. The minimum atomic E-state index is -0.382. The van der Waals surface area contributed by atoms with Crippen molar-refractivity contribution in [1.29, 1.82) is 0 Å². The van der Waals surface area contributed by atoms with E-state index < -0.39 is 0 Å². The minimum absolute atomic E-state index is 0.121. The maximum absolute atomic E-state index is 13.4. The molecule has 2 atom stereocenters. The third-order valence-electron chi connectivity index (χ3n) is 5.93. The number of benzene rings is 1. The average molecular weight is 402 g/mol. The molecule has 0 fully saturated rings. The Morgan fingerprint density at radius 1 is 1.10 bits per heavy atom. The summed E-state index contributed by atoms with van der Waals surface area (Å²) in [5.41, 5.74) is 6.13. The van der Waals surface area contributed by atoms with Crippen LogP contribution in [0.2, 0.25) is 0 Å². The molecule has 4 rings (SSSR count). The van der Waals surface area contributed by atoms with E-state index in [-0.39, 0.29) is 17.6 Å². The first-order chi connectivity index (χ1) is 14.3. The molecule has 2 aromatic rings. The number of anilines is 1. The molecule has 154 valence electrons. The average Bonchev–Trinajstić information content (AvgIpc) is 2.68. The molecule has 1 aliphatic heterocycles. The highest BCUT2D eigenvalue weighted by Gasteiger charge is 2.40. The second kappa shape index (κ2) is 7.90. The molecule has 30 heavy (non-hydrogen) atoms. The minimum Gasteiger partial charge on any atom is -0.362 e. The molecular weight excluding hydrogens is 374 g/mol. The second-order valence-corrected chi connectivity index (χ2v) is 8.46. The highest BCUT2D eigenvalue weighted by molar-refractivity contribution is 6.09. The lowest BCUT2D eigenvalue weighted by Gasteiger charge is -2.36. The Morgan fingerprint density at radius 2 is 1.87 bits per heavy atom. The van der Waals surface area contributed by atoms with E-state index >= 15 is 0 Å². The summed E-state index contributed by atoms with van der Waals surface area (Å²) < 4.78 is 0. The van der Waals surface area contributed by atoms with E-state index in [1.807, 2.05) is 51.1 Å². The Morgan fingerprint density at radius 3 is 2.57 bits per heavy atom. The summed E-state index contributed by atoms with van der Waals surface area (Å²) in [7, 11) is 0. The lowest BCUT2D eigenvalue weighted by atomic mass is 9.72. The molecule has 5 nitrogen and oxygen atoms in total. The van der Waals surface area contributed by atoms with Gasteiger partial charge in [-0.1, -0.05) is 37.3 Å². The van der Waals surface area contributed by atoms with Gasteiger partial charge in [0.1, 0.15) is 5.82 Å². The normalized spacial score (nSPS) is 21.3. The van der Waals surface area contributed by atoms with Crippen molar-refractivity contribution in [3.63, 3.8) is 0 Å². The number of hydrogen-bond acceptors (Lipinski definition) is 4. The van der Waals surface area contributed by atoms with E-state index in [1.54, 1.807) is 12.3 Å². The number of carbonyl (C=O) groups excluding carboxylic acids is 2. The maximum Gasteiger partial charge on any atom is 0.255 e. The molecule has 1 aromatic carbocycles. The third-order valence-corrected chi connectivity index (χ3v) is 5.93. The fourth-order valence-corrected chi connectivity index (χ4v) is 4.48. The Labute approximate surface area is 177 Å². The zero-order valence-electron chi connectivity index (χ0n) is 17.9. The molecule has 0 unspecified atom stereocenters. The number of dihydropyridines is 1. The predicted molar refractivity (Wildman–Crippen MR) is 118 cm³/mol. The summed E-state index contributed by atoms with van der Waals surface area (Å²) >= 11 is 0. The highest BCUT2D eigenvalue weighted by Crippen LogP contribution is 2.44. The Hall–Kier alpha value is -3.21. The molecule has 5 heteroatoms. The first kappa shape index (κ1) is 20.1. The Bertz CT molecular complexity index is 1080. The summed E-state index contributed by atoms with van der Waals surface area (Å²) in [5, 5.41) is 6.31. The number of nitrogens with zero attached hydrogens (tertiary/aromatic N) is 1. The number of hydrogen-bond donors (Lipinski definition) is 2. The highest BCUT2D eigenvalue weighted by atomic mass is 16.2. The van der Waals surface area contributed by atoms with Crippen molar-refractivity contribution in [2.45, 2.75) is 46.5 Å². The zero-order chi connectivity index (χ0) is 21.4. The first-order valence-corrected chi connectivity index (χ1v) is 10.4. The third kappa shape index (κ3) is 3.67. The number of Topliss-reactive ketones (excluding diaryl/α,β-unsaturated/α-hetero) is 1. The molecular formula is C25H27N3O2. The van der Waals surface area contributed by atoms with Crippen LogP contribution >= 0.6 is 0 Å². The number of carbonyl (C=O) groups is 2. The van der Waals surface area contributed by atoms with Crippen LogP contribution in [0.15, 0.2) is 65.1 Å². The fourth-order valence-electron chi connectivity index (χ4n) is 4.48. The van der Waals surface area contributed by atoms with Gasteiger partial charge >= 0.3 is 0 Å². The van der Waals surface area contributed by atoms with Crippen LogP contribution in [0, 0.1) is 19.8 Å². The maximum atomic E-state index is 13.4. The van der Waals surface area contributed by atoms with Crippen LogP contribution in [0.25, 0.3) is 0 Å². The van der Waals surface area contributed by atoms with Crippen molar-refractivity contribution >= 4 is 17.5 Å². The molecule has 0 bridgehead atoms. The van der Waals surface area contributed by atoms with Crippen LogP contribution < -0.4 is 10.6 Å². The second-order valence-electron chi connectivity index (χ2n) is 8.46. The van der Waals surface area contributed by atoms with Gasteiger partial charge in [-0.25, -0.2) is 4.98 Å². The van der Waals surface area contributed by atoms with Gasteiger partial charge in [0.25, 0.3) is 5.91 Å². The predicted octanol–water partition coefficient (Wildman–Crippen LogP) is 4.55. The molecule has 0 spiro atoms. The summed E-state index contributed by atoms with van der Waals surface area (Å²) in [6.45, 7) is 7.99. The number of ketones is 1. The van der Waals surface area contributed by atoms with Gasteiger partial charge in [-0.2, -0.15) is 0 Å². The number of pyridine rings is 1. The van der Waals surface area contributed by atoms with E-state index in [2.05, 4.69) is 22.5 Å². The topological polar surface area (TPSA) is 71.1 Å². The van der Waals surface area contributed by atoms with Crippen molar-refractivity contribution in [2.24, 2.45) is 5.92 Å². The van der Waals surface area contributed by atoms with Gasteiger partial charge < -0.3 is 10.6 Å². The van der Waals surface area contributed by atoms with Gasteiger partial charge in [-0.3, -0.25) is 9.59 Å². The summed E-state index contributed by atoms with van der Waals surface area (Å²) in [5.74, 6) is 0.297. The van der Waals surface area contributed by atoms with E-state index in [9.17, 15) is 9.59 Å². The van der Waals surface area contributed by atoms with Crippen molar-refractivity contribution in [1.82, 2.24) is 10.3 Å². The van der Waals surface area contributed by atoms with Gasteiger partial charge in [-0.05, 0) is 55.9 Å². The Kier molecular flexibility index (Phi) is 5.29. The molecule has 1 aliphatic carbocycles. The van der Waals surface area contributed by atoms with Crippen molar-refractivity contribution in [3.05, 3.63) is 81.8 Å². The Balaban J connectivity index is 1.80. The smallest absolute Gasteiger partial charge is 0.255 e. The number of aromatic nitrogens is 1. The quantitative estimate of drug-likeness (QED) is 0.791. The van der Waals surface area contributed by atoms with Crippen LogP contribution in [0.5, 0.6) is 0 Å². The van der Waals surface area contributed by atoms with Crippen LogP contribution in [-0.2, 0) is 9.59 Å². The summed E-state index contributed by atoms with van der Waals surface area (Å²) in [6, 6.07) is 11.7. The standard InChI is InChI=1S/C25H27N3O2/c1-14-9-10-21(26-13-14)28-25(30)22-17(4)27-19-11-15(2)12-20(29)24(19)23(22)18-8-6-5-7-16(18)3/h5-10,13,15,23,27H,11-12H2,1-4H3,(H,26,28,30)/t15-,23+/m1/s1.